The van der Waals surface area contributed by atoms with Crippen LogP contribution in [-0.4, -0.2) is 0 Å². The Morgan fingerprint density at radius 2 is 0.326 bits per heavy atom. The quantitative estimate of drug-likeness (QED) is 0.164. The molecule has 454 valence electrons. The molecule has 2 nitrogen and oxygen atoms in total. The monoisotopic (exact) mass is 1190 g/mol. The second kappa shape index (κ2) is 20.4. The molecule has 20 rings (SSSR count). The van der Waals surface area contributed by atoms with Crippen LogP contribution in [0, 0.1) is 0 Å². The molecule has 92 heavy (non-hydrogen) atoms. The summed E-state index contributed by atoms with van der Waals surface area (Å²) in [5.41, 5.74) is 37.9. The van der Waals surface area contributed by atoms with Gasteiger partial charge < -0.3 is 9.80 Å². The lowest BCUT2D eigenvalue weighted by molar-refractivity contribution is 0.352. The predicted octanol–water partition coefficient (Wildman–Crippen LogP) is 24.8. The standard InChI is InChI=1S/C90H84N2/c1-14-44-86(45-15-1)76-28-10-6-24-66(76)70-38-32-60(54-80(70)86)91(61-33-39-71-67-25-7-11-29-77(67)87(81(71)55-61)46-16-2-17-47-87)64-36-42-74-75-43-37-65(59-85(75)90(84(74)58-64)52-22-5-23-53-90)92(62-34-40-72-68-26-8-12-30-78(68)88(82(72)56-62)48-18-3-19-49-88)63-35-41-73-69-27-9-13-31-79(69)89(83(73)57-63)50-20-4-21-51-89/h6-13,24-43,54-59H,1-5,14-23,44-53H2. The summed E-state index contributed by atoms with van der Waals surface area (Å²) in [4.78, 5) is 5.45. The van der Waals surface area contributed by atoms with Crippen molar-refractivity contribution in [3.05, 3.63) is 262 Å². The van der Waals surface area contributed by atoms with Crippen molar-refractivity contribution < 1.29 is 0 Å². The molecule has 5 spiro atoms. The van der Waals surface area contributed by atoms with Crippen molar-refractivity contribution in [2.45, 2.75) is 188 Å². The van der Waals surface area contributed by atoms with Gasteiger partial charge in [0.25, 0.3) is 0 Å². The highest BCUT2D eigenvalue weighted by atomic mass is 15.2. The Morgan fingerprint density at radius 1 is 0.163 bits per heavy atom. The lowest BCUT2D eigenvalue weighted by Crippen LogP contribution is -2.29. The summed E-state index contributed by atoms with van der Waals surface area (Å²) in [6.45, 7) is 0. The molecule has 0 radical (unpaired) electrons. The Balaban J connectivity index is 0.765. The number of anilines is 6. The normalized spacial score (nSPS) is 20.2. The van der Waals surface area contributed by atoms with Crippen molar-refractivity contribution in [1.29, 1.82) is 0 Å². The molecule has 0 N–H and O–H groups in total. The van der Waals surface area contributed by atoms with Crippen LogP contribution in [0.4, 0.5) is 34.1 Å². The van der Waals surface area contributed by atoms with Crippen LogP contribution in [0.5, 0.6) is 0 Å². The largest absolute Gasteiger partial charge is 0.310 e. The second-order valence-electron chi connectivity index (χ2n) is 30.4. The first kappa shape index (κ1) is 54.4. The minimum atomic E-state index is -0.110. The molecular weight excluding hydrogens is 1110 g/mol. The maximum atomic E-state index is 2.73. The van der Waals surface area contributed by atoms with Gasteiger partial charge >= 0.3 is 0 Å². The summed E-state index contributed by atoms with van der Waals surface area (Å²) >= 11 is 0. The molecule has 0 unspecified atom stereocenters. The predicted molar refractivity (Wildman–Crippen MR) is 382 cm³/mol. The molecule has 0 aliphatic heterocycles. The molecule has 0 atom stereocenters. The van der Waals surface area contributed by atoms with Crippen LogP contribution in [0.15, 0.2) is 206 Å². The molecule has 10 aliphatic carbocycles. The summed E-state index contributed by atoms with van der Waals surface area (Å²) in [6.07, 6.45) is 31.5. The van der Waals surface area contributed by atoms with Crippen LogP contribution in [0.2, 0.25) is 0 Å². The summed E-state index contributed by atoms with van der Waals surface area (Å²) < 4.78 is 0. The Morgan fingerprint density at radius 3 is 0.522 bits per heavy atom. The molecule has 5 fully saturated rings. The number of fused-ring (bicyclic) bond motifs is 25. The van der Waals surface area contributed by atoms with Crippen molar-refractivity contribution >= 4 is 34.1 Å². The Bertz CT molecular complexity index is 4150. The van der Waals surface area contributed by atoms with Gasteiger partial charge in [0, 0.05) is 61.2 Å². The molecule has 0 amide bonds. The third kappa shape index (κ3) is 7.45. The van der Waals surface area contributed by atoms with E-state index < -0.39 is 0 Å². The van der Waals surface area contributed by atoms with Gasteiger partial charge in [0.15, 0.2) is 0 Å². The topological polar surface area (TPSA) is 6.48 Å². The molecule has 0 heterocycles. The van der Waals surface area contributed by atoms with E-state index in [2.05, 4.69) is 216 Å². The molecule has 10 aromatic carbocycles. The Hall–Kier alpha value is -8.20. The molecule has 0 saturated heterocycles. The fourth-order valence-corrected chi connectivity index (χ4v) is 22.4. The van der Waals surface area contributed by atoms with Crippen LogP contribution in [0.3, 0.4) is 0 Å². The van der Waals surface area contributed by atoms with Gasteiger partial charge in [0.2, 0.25) is 0 Å². The summed E-state index contributed by atoms with van der Waals surface area (Å²) in [7, 11) is 0. The molecule has 10 aliphatic rings. The lowest BCUT2D eigenvalue weighted by Gasteiger charge is -2.38. The van der Waals surface area contributed by atoms with Crippen molar-refractivity contribution in [2.24, 2.45) is 0 Å². The van der Waals surface area contributed by atoms with E-state index in [0.717, 1.165) is 0 Å². The fourth-order valence-electron chi connectivity index (χ4n) is 22.4. The van der Waals surface area contributed by atoms with Crippen LogP contribution in [0.25, 0.3) is 55.6 Å². The maximum Gasteiger partial charge on any atom is 0.0465 e. The SMILES string of the molecule is c1ccc2c(c1)-c1ccc(N(c3ccc4c(c3)C3(CCCCC3)c3ccccc3-4)c3ccc4c(c3)C3(CCCCC3)c3cc(N(c5ccc6c(c5)C5(CCCCC5)c5ccccc5-6)c5ccc6c(c5)C5(CCCCC5)c5ccccc5-6)ccc3-4)cc1C21CCCCC1. The van der Waals surface area contributed by atoms with Crippen molar-refractivity contribution in [2.75, 3.05) is 9.80 Å². The first-order valence-electron chi connectivity index (χ1n) is 36.4. The summed E-state index contributed by atoms with van der Waals surface area (Å²) in [5.74, 6) is 0. The number of rotatable bonds is 6. The van der Waals surface area contributed by atoms with Crippen LogP contribution < -0.4 is 9.80 Å². The zero-order valence-corrected chi connectivity index (χ0v) is 53.7. The smallest absolute Gasteiger partial charge is 0.0465 e. The van der Waals surface area contributed by atoms with E-state index in [9.17, 15) is 0 Å². The van der Waals surface area contributed by atoms with Gasteiger partial charge in [-0.3, -0.25) is 0 Å². The van der Waals surface area contributed by atoms with E-state index in [0.29, 0.717) is 0 Å². The average molecular weight is 1190 g/mol. The zero-order valence-electron chi connectivity index (χ0n) is 53.7. The van der Waals surface area contributed by atoms with Gasteiger partial charge in [0.1, 0.15) is 0 Å². The van der Waals surface area contributed by atoms with E-state index in [4.69, 9.17) is 0 Å². The van der Waals surface area contributed by atoms with Crippen LogP contribution in [-0.2, 0) is 27.1 Å². The maximum absolute atomic E-state index is 2.73. The van der Waals surface area contributed by atoms with E-state index in [1.807, 2.05) is 0 Å². The highest BCUT2D eigenvalue weighted by Gasteiger charge is 2.50. The fraction of sp³-hybridized carbons (Fsp3) is 0.333. The third-order valence-corrected chi connectivity index (χ3v) is 26.4. The van der Waals surface area contributed by atoms with E-state index >= 15 is 0 Å². The van der Waals surface area contributed by atoms with E-state index in [1.165, 1.54) is 261 Å². The minimum absolute atomic E-state index is 0.0546. The van der Waals surface area contributed by atoms with Gasteiger partial charge in [-0.05, 0) is 248 Å². The summed E-state index contributed by atoms with van der Waals surface area (Å²) in [6, 6.07) is 84.3. The molecule has 2 heteroatoms. The van der Waals surface area contributed by atoms with Crippen molar-refractivity contribution in [1.82, 2.24) is 0 Å². The molecule has 5 saturated carbocycles. The average Bonchev–Trinajstić information content (AvgIpc) is 1.57. The second-order valence-corrected chi connectivity index (χ2v) is 30.4. The number of hydrogen-bond donors (Lipinski definition) is 0. The van der Waals surface area contributed by atoms with Gasteiger partial charge in [-0.15, -0.1) is 0 Å². The van der Waals surface area contributed by atoms with Crippen LogP contribution in [0.1, 0.15) is 216 Å². The van der Waals surface area contributed by atoms with E-state index in [-0.39, 0.29) is 27.1 Å². The van der Waals surface area contributed by atoms with Gasteiger partial charge in [0.05, 0.1) is 0 Å². The highest BCUT2D eigenvalue weighted by Crippen LogP contribution is 2.64. The van der Waals surface area contributed by atoms with Gasteiger partial charge in [-0.2, -0.15) is 0 Å². The Kier molecular flexibility index (Phi) is 12.1. The molecular formula is C90H84N2. The number of benzene rings is 10. The Labute approximate surface area is 545 Å². The number of nitrogens with zero attached hydrogens (tertiary/aromatic N) is 2. The van der Waals surface area contributed by atoms with E-state index in [1.54, 1.807) is 44.5 Å². The lowest BCUT2D eigenvalue weighted by atomic mass is 9.67. The summed E-state index contributed by atoms with van der Waals surface area (Å²) in [5, 5.41) is 0. The number of hydrogen-bond acceptors (Lipinski definition) is 2. The van der Waals surface area contributed by atoms with Crippen LogP contribution >= 0.6 is 0 Å². The van der Waals surface area contributed by atoms with Gasteiger partial charge in [-0.25, -0.2) is 0 Å². The third-order valence-electron chi connectivity index (χ3n) is 26.4. The minimum Gasteiger partial charge on any atom is -0.310 e. The first-order chi connectivity index (χ1) is 45.5. The first-order valence-corrected chi connectivity index (χ1v) is 36.4. The van der Waals surface area contributed by atoms with Gasteiger partial charge in [-0.1, -0.05) is 230 Å². The van der Waals surface area contributed by atoms with Crippen molar-refractivity contribution in [3.63, 3.8) is 0 Å². The van der Waals surface area contributed by atoms with Crippen molar-refractivity contribution in [3.8, 4) is 55.6 Å². The molecule has 10 aromatic rings. The highest BCUT2D eigenvalue weighted by molar-refractivity contribution is 5.94. The molecule has 0 bridgehead atoms. The molecule has 0 aromatic heterocycles. The zero-order chi connectivity index (χ0) is 60.4.